The lowest BCUT2D eigenvalue weighted by Crippen LogP contribution is -2.10. The molecule has 0 aliphatic carbocycles. The van der Waals surface area contributed by atoms with Gasteiger partial charge in [-0.3, -0.25) is 4.98 Å². The summed E-state index contributed by atoms with van der Waals surface area (Å²) in [6.07, 6.45) is 1.58. The third-order valence-electron chi connectivity index (χ3n) is 4.95. The summed E-state index contributed by atoms with van der Waals surface area (Å²) in [5.41, 5.74) is 4.56. The first-order valence-electron chi connectivity index (χ1n) is 9.62. The molecular formula is C25H19N3O. The van der Waals surface area contributed by atoms with E-state index in [2.05, 4.69) is 29.2 Å². The zero-order valence-corrected chi connectivity index (χ0v) is 15.7. The van der Waals surface area contributed by atoms with Crippen LogP contribution in [0.15, 0.2) is 108 Å². The molecule has 0 unspecified atom stereocenters. The summed E-state index contributed by atoms with van der Waals surface area (Å²) in [7, 11) is 0. The highest BCUT2D eigenvalue weighted by atomic mass is 16.5. The highest BCUT2D eigenvalue weighted by molar-refractivity contribution is 5.94. The third-order valence-corrected chi connectivity index (χ3v) is 4.95. The molecule has 0 bridgehead atoms. The molecule has 2 aromatic carbocycles. The van der Waals surface area contributed by atoms with Gasteiger partial charge in [0.2, 0.25) is 5.90 Å². The molecule has 0 radical (unpaired) electrons. The standard InChI is InChI=1S/C25H19N3O/c1-3-10-18(11-4-1)23-24(19-12-5-2-6-13-19)29-25(28-23)22-16-9-15-21(27-22)20-14-7-8-17-26-20/h1-17,23-24H/t23-,24-/m1/s1. The maximum Gasteiger partial charge on any atom is 0.236 e. The van der Waals surface area contributed by atoms with Crippen LogP contribution in [0.3, 0.4) is 0 Å². The largest absolute Gasteiger partial charge is 0.465 e. The van der Waals surface area contributed by atoms with Gasteiger partial charge < -0.3 is 4.74 Å². The molecule has 0 amide bonds. The summed E-state index contributed by atoms with van der Waals surface area (Å²) in [5, 5.41) is 0. The molecule has 29 heavy (non-hydrogen) atoms. The van der Waals surface area contributed by atoms with Crippen molar-refractivity contribution in [2.24, 2.45) is 4.99 Å². The molecule has 0 spiro atoms. The van der Waals surface area contributed by atoms with Gasteiger partial charge in [0.1, 0.15) is 11.7 Å². The van der Waals surface area contributed by atoms with E-state index < -0.39 is 0 Å². The van der Waals surface area contributed by atoms with Crippen molar-refractivity contribution in [3.8, 4) is 11.4 Å². The van der Waals surface area contributed by atoms with Crippen molar-refractivity contribution in [1.29, 1.82) is 0 Å². The number of hydrogen-bond acceptors (Lipinski definition) is 4. The van der Waals surface area contributed by atoms with Gasteiger partial charge in [0.15, 0.2) is 6.10 Å². The minimum absolute atomic E-state index is 0.117. The molecule has 0 N–H and O–H groups in total. The van der Waals surface area contributed by atoms with Crippen LogP contribution in [-0.4, -0.2) is 15.9 Å². The lowest BCUT2D eigenvalue weighted by molar-refractivity contribution is 0.196. The molecule has 140 valence electrons. The predicted octanol–water partition coefficient (Wildman–Crippen LogP) is 5.40. The van der Waals surface area contributed by atoms with E-state index in [1.54, 1.807) is 6.20 Å². The van der Waals surface area contributed by atoms with Crippen LogP contribution in [0, 0.1) is 0 Å². The zero-order chi connectivity index (χ0) is 19.5. The molecule has 2 atom stereocenters. The average Bonchev–Trinajstić information content (AvgIpc) is 3.27. The van der Waals surface area contributed by atoms with E-state index >= 15 is 0 Å². The molecule has 0 fully saturated rings. The first-order chi connectivity index (χ1) is 14.4. The molecule has 4 aromatic rings. The first-order valence-corrected chi connectivity index (χ1v) is 9.62. The molecule has 1 aliphatic rings. The van der Waals surface area contributed by atoms with Gasteiger partial charge in [0.25, 0.3) is 0 Å². The van der Waals surface area contributed by atoms with E-state index in [0.29, 0.717) is 11.6 Å². The van der Waals surface area contributed by atoms with E-state index in [4.69, 9.17) is 14.7 Å². The molecule has 5 rings (SSSR count). The Hall–Kier alpha value is -3.79. The maximum absolute atomic E-state index is 6.36. The Morgan fingerprint density at radius 3 is 1.97 bits per heavy atom. The van der Waals surface area contributed by atoms with E-state index in [1.807, 2.05) is 72.8 Å². The fourth-order valence-electron chi connectivity index (χ4n) is 3.54. The number of hydrogen-bond donors (Lipinski definition) is 0. The van der Waals surface area contributed by atoms with Gasteiger partial charge in [-0.1, -0.05) is 72.8 Å². The van der Waals surface area contributed by atoms with Crippen LogP contribution < -0.4 is 0 Å². The molecule has 4 heteroatoms. The second-order valence-corrected chi connectivity index (χ2v) is 6.86. The minimum Gasteiger partial charge on any atom is -0.465 e. The fraction of sp³-hybridized carbons (Fsp3) is 0.0800. The highest BCUT2D eigenvalue weighted by Crippen LogP contribution is 2.40. The molecule has 2 aromatic heterocycles. The summed E-state index contributed by atoms with van der Waals surface area (Å²) in [4.78, 5) is 14.1. The molecule has 4 nitrogen and oxygen atoms in total. The van der Waals surface area contributed by atoms with Gasteiger partial charge in [0, 0.05) is 6.20 Å². The van der Waals surface area contributed by atoms with Crippen LogP contribution in [0.25, 0.3) is 11.4 Å². The SMILES string of the molecule is c1ccc([C@H]2N=C(c3cccc(-c4ccccn4)n3)O[C@@H]2c2ccccc2)cc1. The van der Waals surface area contributed by atoms with Crippen molar-refractivity contribution in [2.75, 3.05) is 0 Å². The Balaban J connectivity index is 1.54. The number of aliphatic imine (C=N–C) groups is 1. The Kier molecular flexibility index (Phi) is 4.59. The predicted molar refractivity (Wildman–Crippen MR) is 113 cm³/mol. The highest BCUT2D eigenvalue weighted by Gasteiger charge is 2.34. The summed E-state index contributed by atoms with van der Waals surface area (Å²) in [6, 6.07) is 32.0. The van der Waals surface area contributed by atoms with Crippen molar-refractivity contribution < 1.29 is 4.74 Å². The first kappa shape index (κ1) is 17.3. The van der Waals surface area contributed by atoms with E-state index in [1.165, 1.54) is 0 Å². The minimum atomic E-state index is -0.186. The Labute approximate surface area is 169 Å². The third kappa shape index (κ3) is 3.52. The number of pyridine rings is 2. The number of aromatic nitrogens is 2. The monoisotopic (exact) mass is 377 g/mol. The number of ether oxygens (including phenoxy) is 1. The Bertz CT molecular complexity index is 1130. The normalized spacial score (nSPS) is 18.1. The van der Waals surface area contributed by atoms with Crippen LogP contribution in [0.5, 0.6) is 0 Å². The van der Waals surface area contributed by atoms with Crippen molar-refractivity contribution in [3.05, 3.63) is 120 Å². The topological polar surface area (TPSA) is 47.4 Å². The van der Waals surface area contributed by atoms with Crippen molar-refractivity contribution in [2.45, 2.75) is 12.1 Å². The molecule has 0 saturated carbocycles. The quantitative estimate of drug-likeness (QED) is 0.478. The van der Waals surface area contributed by atoms with Gasteiger partial charge in [-0.15, -0.1) is 0 Å². The van der Waals surface area contributed by atoms with Gasteiger partial charge >= 0.3 is 0 Å². The van der Waals surface area contributed by atoms with Crippen LogP contribution in [0.4, 0.5) is 0 Å². The lowest BCUT2D eigenvalue weighted by Gasteiger charge is -2.18. The van der Waals surface area contributed by atoms with Gasteiger partial charge in [-0.25, -0.2) is 9.98 Å². The number of nitrogens with zero attached hydrogens (tertiary/aromatic N) is 3. The fourth-order valence-corrected chi connectivity index (χ4v) is 3.54. The molecular weight excluding hydrogens is 358 g/mol. The van der Waals surface area contributed by atoms with E-state index in [0.717, 1.165) is 22.5 Å². The van der Waals surface area contributed by atoms with Crippen LogP contribution in [0.2, 0.25) is 0 Å². The summed E-state index contributed by atoms with van der Waals surface area (Å²) >= 11 is 0. The van der Waals surface area contributed by atoms with Crippen molar-refractivity contribution >= 4 is 5.90 Å². The lowest BCUT2D eigenvalue weighted by atomic mass is 9.97. The van der Waals surface area contributed by atoms with Gasteiger partial charge in [0.05, 0.1) is 11.4 Å². The molecule has 1 aliphatic heterocycles. The van der Waals surface area contributed by atoms with Crippen LogP contribution in [0.1, 0.15) is 29.0 Å². The Morgan fingerprint density at radius 1 is 0.586 bits per heavy atom. The van der Waals surface area contributed by atoms with Crippen molar-refractivity contribution in [3.63, 3.8) is 0 Å². The summed E-state index contributed by atoms with van der Waals surface area (Å²) in [5.74, 6) is 0.561. The van der Waals surface area contributed by atoms with Gasteiger partial charge in [-0.05, 0) is 35.4 Å². The average molecular weight is 377 g/mol. The molecule has 3 heterocycles. The van der Waals surface area contributed by atoms with E-state index in [-0.39, 0.29) is 12.1 Å². The smallest absolute Gasteiger partial charge is 0.236 e. The molecule has 0 saturated heterocycles. The second kappa shape index (κ2) is 7.68. The Morgan fingerprint density at radius 2 is 1.24 bits per heavy atom. The summed E-state index contributed by atoms with van der Waals surface area (Å²) in [6.45, 7) is 0. The van der Waals surface area contributed by atoms with E-state index in [9.17, 15) is 0 Å². The second-order valence-electron chi connectivity index (χ2n) is 6.86. The van der Waals surface area contributed by atoms with Crippen molar-refractivity contribution in [1.82, 2.24) is 9.97 Å². The maximum atomic E-state index is 6.36. The number of benzene rings is 2. The van der Waals surface area contributed by atoms with Gasteiger partial charge in [-0.2, -0.15) is 0 Å². The summed E-state index contributed by atoms with van der Waals surface area (Å²) < 4.78 is 6.36. The van der Waals surface area contributed by atoms with Crippen LogP contribution >= 0.6 is 0 Å². The zero-order valence-electron chi connectivity index (χ0n) is 15.7. The number of rotatable bonds is 4. The van der Waals surface area contributed by atoms with Crippen LogP contribution in [-0.2, 0) is 4.74 Å².